The maximum Gasteiger partial charge on any atom is 0.252 e. The molecule has 0 fully saturated rings. The maximum atomic E-state index is 12.9. The molecule has 0 aliphatic heterocycles. The van der Waals surface area contributed by atoms with Crippen LogP contribution in [0.4, 0.5) is 0 Å². The summed E-state index contributed by atoms with van der Waals surface area (Å²) in [6.45, 7) is 3.94. The van der Waals surface area contributed by atoms with E-state index >= 15 is 0 Å². The summed E-state index contributed by atoms with van der Waals surface area (Å²) in [5.74, 6) is -0.541. The molecular formula is C23H22N2O. The Kier molecular flexibility index (Phi) is 5.59. The van der Waals surface area contributed by atoms with Crippen LogP contribution in [0.5, 0.6) is 0 Å². The fraction of sp³-hybridized carbons (Fsp3) is 0.130. The topological polar surface area (TPSA) is 41.5 Å². The Labute approximate surface area is 154 Å². The van der Waals surface area contributed by atoms with Crippen molar-refractivity contribution in [3.63, 3.8) is 0 Å². The van der Waals surface area contributed by atoms with Crippen LogP contribution in [0.2, 0.25) is 0 Å². The Morgan fingerprint density at radius 1 is 0.808 bits per heavy atom. The molecule has 0 atom stereocenters. The van der Waals surface area contributed by atoms with Gasteiger partial charge in [0.1, 0.15) is 0 Å². The summed E-state index contributed by atoms with van der Waals surface area (Å²) in [4.78, 5) is 12.9. The average Bonchev–Trinajstić information content (AvgIpc) is 2.68. The first-order chi connectivity index (χ1) is 12.6. The fourth-order valence-corrected chi connectivity index (χ4v) is 2.85. The van der Waals surface area contributed by atoms with E-state index in [0.29, 0.717) is 0 Å². The third-order valence-corrected chi connectivity index (χ3v) is 4.33. The van der Waals surface area contributed by atoms with E-state index in [1.807, 2.05) is 98.8 Å². The molecular weight excluding hydrogens is 320 g/mol. The number of benzene rings is 3. The molecule has 0 saturated heterocycles. The van der Waals surface area contributed by atoms with Crippen molar-refractivity contribution in [3.05, 3.63) is 107 Å². The molecule has 0 saturated carbocycles. The maximum absolute atomic E-state index is 12.9. The average molecular weight is 342 g/mol. The first kappa shape index (κ1) is 17.6. The second-order valence-corrected chi connectivity index (χ2v) is 6.29. The fourth-order valence-electron chi connectivity index (χ4n) is 2.85. The number of aryl methyl sites for hydroxylation is 1. The molecule has 3 nitrogen and oxygen atoms in total. The van der Waals surface area contributed by atoms with Crippen LogP contribution in [0.25, 0.3) is 0 Å². The molecule has 0 aliphatic carbocycles. The molecule has 0 bridgehead atoms. The molecule has 26 heavy (non-hydrogen) atoms. The van der Waals surface area contributed by atoms with Crippen LogP contribution in [-0.4, -0.2) is 11.6 Å². The molecule has 3 heteroatoms. The second kappa shape index (κ2) is 8.26. The number of carbonyl (C=O) groups is 1. The highest BCUT2D eigenvalue weighted by Crippen LogP contribution is 2.24. The van der Waals surface area contributed by atoms with Crippen molar-refractivity contribution < 1.29 is 4.79 Å². The van der Waals surface area contributed by atoms with Gasteiger partial charge in [0.05, 0.1) is 11.6 Å². The summed E-state index contributed by atoms with van der Waals surface area (Å²) in [7, 11) is 0. The van der Waals surface area contributed by atoms with E-state index < -0.39 is 5.92 Å². The monoisotopic (exact) mass is 342 g/mol. The SMILES string of the molecule is C/C(=N/NC(=O)C(c1ccccc1)c1ccccc1)c1ccc(C)cc1. The summed E-state index contributed by atoms with van der Waals surface area (Å²) in [5, 5.41) is 4.31. The van der Waals surface area contributed by atoms with Gasteiger partial charge in [0.2, 0.25) is 0 Å². The van der Waals surface area contributed by atoms with Crippen molar-refractivity contribution in [2.24, 2.45) is 5.10 Å². The molecule has 3 aromatic rings. The van der Waals surface area contributed by atoms with Crippen molar-refractivity contribution in [1.29, 1.82) is 0 Å². The Balaban J connectivity index is 1.84. The Bertz CT molecular complexity index is 845. The zero-order valence-electron chi connectivity index (χ0n) is 15.0. The van der Waals surface area contributed by atoms with Crippen molar-refractivity contribution in [2.45, 2.75) is 19.8 Å². The van der Waals surface area contributed by atoms with Crippen molar-refractivity contribution >= 4 is 11.6 Å². The van der Waals surface area contributed by atoms with E-state index in [9.17, 15) is 4.79 Å². The number of nitrogens with one attached hydrogen (secondary N) is 1. The van der Waals surface area contributed by atoms with Crippen LogP contribution in [0.15, 0.2) is 90.0 Å². The molecule has 1 N–H and O–H groups in total. The van der Waals surface area contributed by atoms with Crippen molar-refractivity contribution in [2.75, 3.05) is 0 Å². The number of rotatable bonds is 5. The van der Waals surface area contributed by atoms with Crippen LogP contribution >= 0.6 is 0 Å². The number of hydrogen-bond donors (Lipinski definition) is 1. The van der Waals surface area contributed by atoms with Crippen LogP contribution in [0.3, 0.4) is 0 Å². The van der Waals surface area contributed by atoms with Gasteiger partial charge in [-0.3, -0.25) is 4.79 Å². The zero-order chi connectivity index (χ0) is 18.4. The van der Waals surface area contributed by atoms with Crippen molar-refractivity contribution in [3.8, 4) is 0 Å². The van der Waals surface area contributed by atoms with E-state index in [4.69, 9.17) is 0 Å². The van der Waals surface area contributed by atoms with Crippen LogP contribution in [-0.2, 0) is 4.79 Å². The number of carbonyl (C=O) groups excluding carboxylic acids is 1. The van der Waals surface area contributed by atoms with Gasteiger partial charge in [-0.25, -0.2) is 5.43 Å². The van der Waals surface area contributed by atoms with E-state index in [0.717, 1.165) is 22.4 Å². The van der Waals surface area contributed by atoms with Crippen LogP contribution in [0.1, 0.15) is 35.1 Å². The smallest absolute Gasteiger partial charge is 0.252 e. The Morgan fingerprint density at radius 2 is 1.31 bits per heavy atom. The molecule has 0 unspecified atom stereocenters. The molecule has 1 amide bonds. The summed E-state index contributed by atoms with van der Waals surface area (Å²) < 4.78 is 0. The third-order valence-electron chi connectivity index (χ3n) is 4.33. The minimum absolute atomic E-state index is 0.145. The first-order valence-corrected chi connectivity index (χ1v) is 8.66. The number of nitrogens with zero attached hydrogens (tertiary/aromatic N) is 1. The van der Waals surface area contributed by atoms with E-state index in [-0.39, 0.29) is 5.91 Å². The van der Waals surface area contributed by atoms with Crippen LogP contribution in [0, 0.1) is 6.92 Å². The van der Waals surface area contributed by atoms with Crippen molar-refractivity contribution in [1.82, 2.24) is 5.43 Å². The highest BCUT2D eigenvalue weighted by Gasteiger charge is 2.22. The van der Waals surface area contributed by atoms with E-state index in [1.54, 1.807) is 0 Å². The third kappa shape index (κ3) is 4.25. The predicted octanol–water partition coefficient (Wildman–Crippen LogP) is 4.67. The largest absolute Gasteiger partial charge is 0.272 e. The quantitative estimate of drug-likeness (QED) is 0.531. The van der Waals surface area contributed by atoms with Crippen LogP contribution < -0.4 is 5.43 Å². The molecule has 0 aromatic heterocycles. The zero-order valence-corrected chi connectivity index (χ0v) is 15.0. The van der Waals surface area contributed by atoms with Gasteiger partial charge in [0.15, 0.2) is 0 Å². The summed E-state index contributed by atoms with van der Waals surface area (Å²) in [5.41, 5.74) is 7.59. The minimum atomic E-state index is -0.396. The van der Waals surface area contributed by atoms with E-state index in [1.165, 1.54) is 5.56 Å². The lowest BCUT2D eigenvalue weighted by Gasteiger charge is -2.16. The lowest BCUT2D eigenvalue weighted by Crippen LogP contribution is -2.27. The predicted molar refractivity (Wildman–Crippen MR) is 106 cm³/mol. The Morgan fingerprint density at radius 3 is 1.81 bits per heavy atom. The summed E-state index contributed by atoms with van der Waals surface area (Å²) in [6, 6.07) is 27.6. The molecule has 130 valence electrons. The van der Waals surface area contributed by atoms with Gasteiger partial charge in [-0.05, 0) is 30.5 Å². The number of hydrazone groups is 1. The first-order valence-electron chi connectivity index (χ1n) is 8.66. The molecule has 3 rings (SSSR count). The second-order valence-electron chi connectivity index (χ2n) is 6.29. The van der Waals surface area contributed by atoms with Gasteiger partial charge in [-0.15, -0.1) is 0 Å². The highest BCUT2D eigenvalue weighted by molar-refractivity contribution is 5.99. The van der Waals surface area contributed by atoms with Gasteiger partial charge in [-0.2, -0.15) is 5.10 Å². The van der Waals surface area contributed by atoms with E-state index in [2.05, 4.69) is 10.5 Å². The molecule has 0 spiro atoms. The lowest BCUT2D eigenvalue weighted by atomic mass is 9.91. The number of hydrogen-bond acceptors (Lipinski definition) is 2. The standard InChI is InChI=1S/C23H22N2O/c1-17-13-15-19(16-14-17)18(2)24-25-23(26)22(20-9-5-3-6-10-20)21-11-7-4-8-12-21/h3-16,22H,1-2H3,(H,25,26)/b24-18-. The summed E-state index contributed by atoms with van der Waals surface area (Å²) >= 11 is 0. The molecule has 0 radical (unpaired) electrons. The normalized spacial score (nSPS) is 11.4. The molecule has 0 aliphatic rings. The van der Waals surface area contributed by atoms with Gasteiger partial charge >= 0.3 is 0 Å². The van der Waals surface area contributed by atoms with Gasteiger partial charge in [0.25, 0.3) is 5.91 Å². The molecule has 3 aromatic carbocycles. The lowest BCUT2D eigenvalue weighted by molar-refractivity contribution is -0.121. The molecule has 0 heterocycles. The highest BCUT2D eigenvalue weighted by atomic mass is 16.2. The minimum Gasteiger partial charge on any atom is -0.272 e. The van der Waals surface area contributed by atoms with Gasteiger partial charge < -0.3 is 0 Å². The summed E-state index contributed by atoms with van der Waals surface area (Å²) in [6.07, 6.45) is 0. The van der Waals surface area contributed by atoms with Gasteiger partial charge in [0, 0.05) is 0 Å². The van der Waals surface area contributed by atoms with Gasteiger partial charge in [-0.1, -0.05) is 90.5 Å². The Hall–Kier alpha value is -3.20. The number of amides is 1.